The van der Waals surface area contributed by atoms with Gasteiger partial charge in [-0.3, -0.25) is 9.36 Å². The van der Waals surface area contributed by atoms with Crippen LogP contribution in [0.2, 0.25) is 10.0 Å². The van der Waals surface area contributed by atoms with Crippen molar-refractivity contribution in [1.29, 1.82) is 0 Å². The highest BCUT2D eigenvalue weighted by Crippen LogP contribution is 2.35. The summed E-state index contributed by atoms with van der Waals surface area (Å²) in [7, 11) is 0. The molecule has 1 N–H and O–H groups in total. The molecule has 4 nitrogen and oxygen atoms in total. The fraction of sp³-hybridized carbons (Fsp3) is 0.167. The maximum Gasteiger partial charge on any atom is 0.313 e. The van der Waals surface area contributed by atoms with E-state index in [0.717, 1.165) is 21.9 Å². The van der Waals surface area contributed by atoms with Crippen LogP contribution in [0.4, 0.5) is 0 Å². The molecule has 0 fully saturated rings. The molecule has 0 saturated heterocycles. The molecule has 8 heteroatoms. The van der Waals surface area contributed by atoms with Crippen LogP contribution in [0.3, 0.4) is 0 Å². The van der Waals surface area contributed by atoms with Crippen molar-refractivity contribution in [3.05, 3.63) is 38.5 Å². The lowest BCUT2D eigenvalue weighted by Gasteiger charge is -2.11. The van der Waals surface area contributed by atoms with Crippen molar-refractivity contribution in [2.75, 3.05) is 5.75 Å². The van der Waals surface area contributed by atoms with Crippen molar-refractivity contribution in [2.45, 2.75) is 12.1 Å². The number of halogens is 3. The number of carboxylic acid groups (broad SMARTS) is 1. The molecule has 20 heavy (non-hydrogen) atoms. The first kappa shape index (κ1) is 15.7. The summed E-state index contributed by atoms with van der Waals surface area (Å²) in [5.74, 6) is -0.988. The number of carboxylic acids is 1. The molecule has 0 amide bonds. The second kappa shape index (κ2) is 6.39. The number of hydrogen-bond acceptors (Lipinski definition) is 3. The molecule has 0 unspecified atom stereocenters. The number of rotatable bonds is 4. The van der Waals surface area contributed by atoms with E-state index < -0.39 is 5.97 Å². The average Bonchev–Trinajstić information content (AvgIpc) is 2.66. The van der Waals surface area contributed by atoms with E-state index in [4.69, 9.17) is 28.3 Å². The minimum Gasteiger partial charge on any atom is -0.481 e. The Morgan fingerprint density at radius 2 is 2.05 bits per heavy atom. The summed E-state index contributed by atoms with van der Waals surface area (Å²) in [6.45, 7) is 1.82. The lowest BCUT2D eigenvalue weighted by Crippen LogP contribution is -2.02. The minimum atomic E-state index is -0.907. The van der Waals surface area contributed by atoms with Crippen LogP contribution in [0.25, 0.3) is 5.69 Å². The Bertz CT molecular complexity index is 652. The number of hydrogen-bond donors (Lipinski definition) is 1. The molecule has 1 heterocycles. The van der Waals surface area contributed by atoms with Gasteiger partial charge < -0.3 is 5.11 Å². The molecule has 2 aromatic rings. The monoisotopic (exact) mass is 394 g/mol. The first-order valence-corrected chi connectivity index (χ1v) is 7.97. The highest BCUT2D eigenvalue weighted by Gasteiger charge is 2.16. The Labute approximate surface area is 138 Å². The van der Waals surface area contributed by atoms with Gasteiger partial charge in [-0.1, -0.05) is 50.9 Å². The van der Waals surface area contributed by atoms with Crippen LogP contribution in [-0.2, 0) is 4.79 Å². The summed E-state index contributed by atoms with van der Waals surface area (Å²) in [6, 6.07) is 3.45. The summed E-state index contributed by atoms with van der Waals surface area (Å²) in [5, 5.41) is 10.2. The van der Waals surface area contributed by atoms with E-state index in [0.29, 0.717) is 20.9 Å². The fourth-order valence-corrected chi connectivity index (χ4v) is 3.76. The second-order valence-electron chi connectivity index (χ2n) is 3.94. The number of nitrogens with zero attached hydrogens (tertiary/aromatic N) is 2. The minimum absolute atomic E-state index is 0.0811. The Hall–Kier alpha value is -0.690. The van der Waals surface area contributed by atoms with Gasteiger partial charge in [0.15, 0.2) is 5.16 Å². The largest absolute Gasteiger partial charge is 0.481 e. The van der Waals surface area contributed by atoms with Crippen LogP contribution >= 0.6 is 50.9 Å². The SMILES string of the molecule is Cc1cn(-c2c(Cl)cc(Br)cc2Cl)c(SCC(=O)O)n1. The van der Waals surface area contributed by atoms with Crippen LogP contribution in [0.5, 0.6) is 0 Å². The third-order valence-corrected chi connectivity index (χ3v) is 4.31. The standard InChI is InChI=1S/C12H9BrCl2N2O2S/c1-6-4-17(12(16-6)20-5-10(18)19)11-8(14)2-7(13)3-9(11)15/h2-4H,5H2,1H3,(H,18,19). The molecule has 0 radical (unpaired) electrons. The average molecular weight is 396 g/mol. The van der Waals surface area contributed by atoms with Gasteiger partial charge in [0.1, 0.15) is 0 Å². The Morgan fingerprint density at radius 3 is 2.60 bits per heavy atom. The van der Waals surface area contributed by atoms with Crippen LogP contribution in [0.15, 0.2) is 28.0 Å². The number of aryl methyl sites for hydroxylation is 1. The van der Waals surface area contributed by atoms with Crippen LogP contribution in [0, 0.1) is 6.92 Å². The summed E-state index contributed by atoms with van der Waals surface area (Å²) in [5.41, 5.74) is 1.35. The molecule has 2 rings (SSSR count). The number of thioether (sulfide) groups is 1. The van der Waals surface area contributed by atoms with Crippen molar-refractivity contribution in [3.63, 3.8) is 0 Å². The third kappa shape index (κ3) is 3.49. The van der Waals surface area contributed by atoms with Gasteiger partial charge in [-0.05, 0) is 19.1 Å². The van der Waals surface area contributed by atoms with Crippen molar-refractivity contribution in [3.8, 4) is 5.69 Å². The van der Waals surface area contributed by atoms with Crippen molar-refractivity contribution in [1.82, 2.24) is 9.55 Å². The van der Waals surface area contributed by atoms with Gasteiger partial charge in [0.25, 0.3) is 0 Å². The maximum atomic E-state index is 10.7. The number of benzene rings is 1. The molecule has 0 aliphatic carbocycles. The van der Waals surface area contributed by atoms with E-state index >= 15 is 0 Å². The molecule has 0 aliphatic heterocycles. The summed E-state index contributed by atoms with van der Waals surface area (Å²) in [6.07, 6.45) is 1.77. The maximum absolute atomic E-state index is 10.7. The van der Waals surface area contributed by atoms with Crippen molar-refractivity contribution in [2.24, 2.45) is 0 Å². The Morgan fingerprint density at radius 1 is 1.45 bits per heavy atom. The lowest BCUT2D eigenvalue weighted by molar-refractivity contribution is -0.133. The quantitative estimate of drug-likeness (QED) is 0.778. The van der Waals surface area contributed by atoms with Gasteiger partial charge >= 0.3 is 5.97 Å². The second-order valence-corrected chi connectivity index (χ2v) is 6.61. The van der Waals surface area contributed by atoms with E-state index in [1.807, 2.05) is 6.92 Å². The molecule has 0 bridgehead atoms. The van der Waals surface area contributed by atoms with Gasteiger partial charge in [-0.15, -0.1) is 0 Å². The van der Waals surface area contributed by atoms with E-state index in [9.17, 15) is 4.79 Å². The molecular weight excluding hydrogens is 387 g/mol. The number of imidazole rings is 1. The molecule has 0 saturated carbocycles. The number of aliphatic carboxylic acids is 1. The number of carbonyl (C=O) groups is 1. The van der Waals surface area contributed by atoms with Crippen LogP contribution in [-0.4, -0.2) is 26.4 Å². The molecule has 1 aromatic heterocycles. The first-order valence-electron chi connectivity index (χ1n) is 5.44. The predicted molar refractivity (Wildman–Crippen MR) is 84.4 cm³/mol. The normalized spacial score (nSPS) is 10.8. The highest BCUT2D eigenvalue weighted by molar-refractivity contribution is 9.10. The van der Waals surface area contributed by atoms with E-state index in [1.165, 1.54) is 0 Å². The zero-order chi connectivity index (χ0) is 14.9. The van der Waals surface area contributed by atoms with Gasteiger partial charge in [-0.25, -0.2) is 4.98 Å². The molecule has 1 aromatic carbocycles. The summed E-state index contributed by atoms with van der Waals surface area (Å²) < 4.78 is 2.48. The third-order valence-electron chi connectivity index (χ3n) is 2.34. The Balaban J connectivity index is 2.50. The topological polar surface area (TPSA) is 55.1 Å². The van der Waals surface area contributed by atoms with E-state index in [1.54, 1.807) is 22.9 Å². The molecule has 0 atom stereocenters. The van der Waals surface area contributed by atoms with Gasteiger partial charge in [0.05, 0.1) is 27.2 Å². The van der Waals surface area contributed by atoms with Crippen molar-refractivity contribution >= 4 is 56.9 Å². The molecule has 0 spiro atoms. The summed E-state index contributed by atoms with van der Waals surface area (Å²) in [4.78, 5) is 15.0. The molecule has 106 valence electrons. The fourth-order valence-electron chi connectivity index (χ4n) is 1.63. The van der Waals surface area contributed by atoms with Crippen molar-refractivity contribution < 1.29 is 9.90 Å². The zero-order valence-electron chi connectivity index (χ0n) is 10.2. The van der Waals surface area contributed by atoms with E-state index in [-0.39, 0.29) is 5.75 Å². The lowest BCUT2D eigenvalue weighted by atomic mass is 10.3. The molecular formula is C12H9BrCl2N2O2S. The van der Waals surface area contributed by atoms with Gasteiger partial charge in [-0.2, -0.15) is 0 Å². The predicted octanol–water partition coefficient (Wildman–Crippen LogP) is 4.43. The van der Waals surface area contributed by atoms with Gasteiger partial charge in [0, 0.05) is 10.7 Å². The van der Waals surface area contributed by atoms with Crippen LogP contribution in [0.1, 0.15) is 5.69 Å². The van der Waals surface area contributed by atoms with E-state index in [2.05, 4.69) is 20.9 Å². The molecule has 0 aliphatic rings. The van der Waals surface area contributed by atoms with Gasteiger partial charge in [0.2, 0.25) is 0 Å². The Kier molecular flexibility index (Phi) is 5.01. The highest BCUT2D eigenvalue weighted by atomic mass is 79.9. The first-order chi connectivity index (χ1) is 9.38. The van der Waals surface area contributed by atoms with Crippen LogP contribution < -0.4 is 0 Å². The zero-order valence-corrected chi connectivity index (χ0v) is 14.1. The smallest absolute Gasteiger partial charge is 0.313 e. The summed E-state index contributed by atoms with van der Waals surface area (Å²) >= 11 is 16.9. The number of aromatic nitrogens is 2.